The van der Waals surface area contributed by atoms with Gasteiger partial charge in [0.1, 0.15) is 0 Å². The van der Waals surface area contributed by atoms with Crippen LogP contribution in [0.5, 0.6) is 0 Å². The lowest BCUT2D eigenvalue weighted by Crippen LogP contribution is -2.38. The molecule has 130 valence electrons. The highest BCUT2D eigenvalue weighted by molar-refractivity contribution is 5.94. The standard InChI is InChI=1S/C19H25NO4/c1-6-23-17(21)16(19(3,4)18(22)24-7-2)14-12-20(5)15-11-9-8-10-13(14)15/h8-12,16H,6-7H2,1-5H3. The maximum Gasteiger partial charge on any atom is 0.314 e. The Labute approximate surface area is 142 Å². The van der Waals surface area contributed by atoms with E-state index in [9.17, 15) is 9.59 Å². The zero-order valence-electron chi connectivity index (χ0n) is 15.0. The number of hydrogen-bond acceptors (Lipinski definition) is 4. The van der Waals surface area contributed by atoms with Gasteiger partial charge in [-0.25, -0.2) is 0 Å². The van der Waals surface area contributed by atoms with Crippen LogP contribution in [0.4, 0.5) is 0 Å². The van der Waals surface area contributed by atoms with Gasteiger partial charge in [0.25, 0.3) is 0 Å². The highest BCUT2D eigenvalue weighted by atomic mass is 16.5. The second-order valence-corrected chi connectivity index (χ2v) is 6.34. The summed E-state index contributed by atoms with van der Waals surface area (Å²) in [7, 11) is 1.92. The number of nitrogens with zero attached hydrogens (tertiary/aromatic N) is 1. The molecule has 0 saturated carbocycles. The molecule has 0 spiro atoms. The minimum absolute atomic E-state index is 0.263. The van der Waals surface area contributed by atoms with Gasteiger partial charge in [0, 0.05) is 24.1 Å². The molecular formula is C19H25NO4. The Bertz CT molecular complexity index is 745. The van der Waals surface area contributed by atoms with E-state index in [1.165, 1.54) is 0 Å². The van der Waals surface area contributed by atoms with Crippen molar-refractivity contribution in [3.05, 3.63) is 36.0 Å². The highest BCUT2D eigenvalue weighted by Gasteiger charge is 2.45. The van der Waals surface area contributed by atoms with Gasteiger partial charge in [-0.1, -0.05) is 18.2 Å². The number of aryl methyl sites for hydroxylation is 1. The molecule has 2 rings (SSSR count). The van der Waals surface area contributed by atoms with Crippen LogP contribution in [0.25, 0.3) is 10.9 Å². The van der Waals surface area contributed by atoms with Crippen LogP contribution >= 0.6 is 0 Å². The van der Waals surface area contributed by atoms with Gasteiger partial charge in [0.05, 0.1) is 24.5 Å². The third-order valence-electron chi connectivity index (χ3n) is 4.28. The van der Waals surface area contributed by atoms with Crippen molar-refractivity contribution in [2.45, 2.75) is 33.6 Å². The number of benzene rings is 1. The Morgan fingerprint density at radius 2 is 1.75 bits per heavy atom. The summed E-state index contributed by atoms with van der Waals surface area (Å²) < 4.78 is 12.4. The molecule has 1 atom stereocenters. The lowest BCUT2D eigenvalue weighted by Gasteiger charge is -2.30. The van der Waals surface area contributed by atoms with Gasteiger partial charge < -0.3 is 14.0 Å². The maximum absolute atomic E-state index is 12.7. The maximum atomic E-state index is 12.7. The first-order chi connectivity index (χ1) is 11.3. The second-order valence-electron chi connectivity index (χ2n) is 6.34. The topological polar surface area (TPSA) is 57.5 Å². The van der Waals surface area contributed by atoms with Crippen LogP contribution in [0.15, 0.2) is 30.5 Å². The summed E-state index contributed by atoms with van der Waals surface area (Å²) in [5.74, 6) is -1.55. The number of hydrogen-bond donors (Lipinski definition) is 0. The predicted molar refractivity (Wildman–Crippen MR) is 92.7 cm³/mol. The first kappa shape index (κ1) is 18.0. The molecule has 0 aliphatic carbocycles. The number of aromatic nitrogens is 1. The lowest BCUT2D eigenvalue weighted by atomic mass is 9.74. The zero-order valence-corrected chi connectivity index (χ0v) is 15.0. The summed E-state index contributed by atoms with van der Waals surface area (Å²) in [5.41, 5.74) is 0.748. The van der Waals surface area contributed by atoms with Gasteiger partial charge in [-0.15, -0.1) is 0 Å². The summed E-state index contributed by atoms with van der Waals surface area (Å²) in [4.78, 5) is 25.2. The number of para-hydroxylation sites is 1. The molecule has 5 heteroatoms. The number of ether oxygens (including phenoxy) is 2. The molecule has 5 nitrogen and oxygen atoms in total. The van der Waals surface area contributed by atoms with Crippen LogP contribution in [0, 0.1) is 5.41 Å². The molecule has 1 unspecified atom stereocenters. The smallest absolute Gasteiger partial charge is 0.314 e. The third kappa shape index (κ3) is 3.16. The molecule has 0 saturated heterocycles. The van der Waals surface area contributed by atoms with Crippen molar-refractivity contribution in [2.24, 2.45) is 12.5 Å². The Morgan fingerprint density at radius 1 is 1.12 bits per heavy atom. The number of carbonyl (C=O) groups is 2. The normalized spacial score (nSPS) is 12.9. The van der Waals surface area contributed by atoms with E-state index < -0.39 is 23.3 Å². The largest absolute Gasteiger partial charge is 0.466 e. The van der Waals surface area contributed by atoms with Gasteiger partial charge in [0.15, 0.2) is 0 Å². The SMILES string of the molecule is CCOC(=O)C(c1cn(C)c2ccccc12)C(C)(C)C(=O)OCC. The monoisotopic (exact) mass is 331 g/mol. The molecule has 0 radical (unpaired) electrons. The first-order valence-corrected chi connectivity index (χ1v) is 8.22. The summed E-state index contributed by atoms with van der Waals surface area (Å²) in [6, 6.07) is 7.81. The van der Waals surface area contributed by atoms with Crippen molar-refractivity contribution in [3.63, 3.8) is 0 Å². The molecule has 1 aromatic carbocycles. The molecule has 24 heavy (non-hydrogen) atoms. The van der Waals surface area contributed by atoms with E-state index in [0.717, 1.165) is 16.5 Å². The lowest BCUT2D eigenvalue weighted by molar-refractivity contribution is -0.162. The summed E-state index contributed by atoms with van der Waals surface area (Å²) in [5, 5.41) is 0.940. The fourth-order valence-corrected chi connectivity index (χ4v) is 3.07. The highest BCUT2D eigenvalue weighted by Crippen LogP contribution is 2.41. The quantitative estimate of drug-likeness (QED) is 0.761. The van der Waals surface area contributed by atoms with E-state index in [4.69, 9.17) is 9.47 Å². The molecule has 0 fully saturated rings. The fraction of sp³-hybridized carbons (Fsp3) is 0.474. The average molecular weight is 331 g/mol. The van der Waals surface area contributed by atoms with Gasteiger partial charge >= 0.3 is 11.9 Å². The molecule has 0 aliphatic rings. The van der Waals surface area contributed by atoms with Gasteiger partial charge in [-0.2, -0.15) is 0 Å². The minimum atomic E-state index is -1.04. The van der Waals surface area contributed by atoms with E-state index in [1.54, 1.807) is 27.7 Å². The molecule has 2 aromatic rings. The van der Waals surface area contributed by atoms with Gasteiger partial charge in [-0.05, 0) is 39.3 Å². The van der Waals surface area contributed by atoms with E-state index >= 15 is 0 Å². The van der Waals surface area contributed by atoms with Crippen LogP contribution in [0.3, 0.4) is 0 Å². The molecule has 1 heterocycles. The predicted octanol–water partition coefficient (Wildman–Crippen LogP) is 3.41. The van der Waals surface area contributed by atoms with Crippen LogP contribution in [0.2, 0.25) is 0 Å². The number of esters is 2. The van der Waals surface area contributed by atoms with E-state index in [0.29, 0.717) is 0 Å². The van der Waals surface area contributed by atoms with Gasteiger partial charge in [0.2, 0.25) is 0 Å². The van der Waals surface area contributed by atoms with Crippen molar-refractivity contribution in [1.29, 1.82) is 0 Å². The number of rotatable bonds is 6. The zero-order chi connectivity index (χ0) is 17.9. The van der Waals surface area contributed by atoms with E-state index in [2.05, 4.69) is 0 Å². The number of fused-ring (bicyclic) bond motifs is 1. The summed E-state index contributed by atoms with van der Waals surface area (Å²) >= 11 is 0. The molecular weight excluding hydrogens is 306 g/mol. The summed E-state index contributed by atoms with van der Waals surface area (Å²) in [6.45, 7) is 7.51. The molecule has 1 aromatic heterocycles. The van der Waals surface area contributed by atoms with Crippen molar-refractivity contribution in [1.82, 2.24) is 4.57 Å². The second kappa shape index (κ2) is 7.07. The van der Waals surface area contributed by atoms with E-state index in [-0.39, 0.29) is 13.2 Å². The van der Waals surface area contributed by atoms with Crippen LogP contribution in [-0.4, -0.2) is 29.7 Å². The molecule has 0 bridgehead atoms. The minimum Gasteiger partial charge on any atom is -0.466 e. The van der Waals surface area contributed by atoms with Crippen LogP contribution in [0.1, 0.15) is 39.2 Å². The number of carbonyl (C=O) groups excluding carboxylic acids is 2. The molecule has 0 amide bonds. The Kier molecular flexibility index (Phi) is 5.32. The van der Waals surface area contributed by atoms with E-state index in [1.807, 2.05) is 42.1 Å². The molecule has 0 N–H and O–H groups in total. The third-order valence-corrected chi connectivity index (χ3v) is 4.28. The average Bonchev–Trinajstić information content (AvgIpc) is 2.85. The van der Waals surface area contributed by atoms with Crippen molar-refractivity contribution in [3.8, 4) is 0 Å². The van der Waals surface area contributed by atoms with Crippen LogP contribution < -0.4 is 0 Å². The first-order valence-electron chi connectivity index (χ1n) is 8.22. The Morgan fingerprint density at radius 3 is 2.38 bits per heavy atom. The fourth-order valence-electron chi connectivity index (χ4n) is 3.07. The Hall–Kier alpha value is -2.30. The van der Waals surface area contributed by atoms with Crippen molar-refractivity contribution >= 4 is 22.8 Å². The Balaban J connectivity index is 2.62. The van der Waals surface area contributed by atoms with Crippen molar-refractivity contribution in [2.75, 3.05) is 13.2 Å². The van der Waals surface area contributed by atoms with Crippen LogP contribution in [-0.2, 0) is 26.1 Å². The molecule has 0 aliphatic heterocycles. The van der Waals surface area contributed by atoms with Crippen molar-refractivity contribution < 1.29 is 19.1 Å². The van der Waals surface area contributed by atoms with Gasteiger partial charge in [-0.3, -0.25) is 9.59 Å². The summed E-state index contributed by atoms with van der Waals surface area (Å²) in [6.07, 6.45) is 1.90.